The summed E-state index contributed by atoms with van der Waals surface area (Å²) in [6.45, 7) is -0.553. The van der Waals surface area contributed by atoms with Crippen molar-refractivity contribution in [3.8, 4) is 0 Å². The van der Waals surface area contributed by atoms with Crippen LogP contribution in [0.4, 0.5) is 21.5 Å². The maximum Gasteiger partial charge on any atom is 0.261 e. The average molecular weight is 546 g/mol. The molecule has 34 heavy (non-hydrogen) atoms. The second-order valence-corrected chi connectivity index (χ2v) is 11.5. The highest BCUT2D eigenvalue weighted by molar-refractivity contribution is 7.92. The third-order valence-electron chi connectivity index (χ3n) is 4.42. The van der Waals surface area contributed by atoms with Gasteiger partial charge in [-0.3, -0.25) is 13.8 Å². The van der Waals surface area contributed by atoms with Crippen molar-refractivity contribution in [2.24, 2.45) is 0 Å². The second kappa shape index (κ2) is 10.2. The van der Waals surface area contributed by atoms with E-state index in [1.807, 2.05) is 0 Å². The van der Waals surface area contributed by atoms with Crippen molar-refractivity contribution < 1.29 is 26.0 Å². The largest absolute Gasteiger partial charge is 0.325 e. The highest BCUT2D eigenvalue weighted by Crippen LogP contribution is 2.28. The first-order chi connectivity index (χ1) is 15.8. The van der Waals surface area contributed by atoms with Crippen LogP contribution in [0, 0.1) is 5.82 Å². The predicted molar refractivity (Wildman–Crippen MR) is 131 cm³/mol. The molecule has 180 valence electrons. The van der Waals surface area contributed by atoms with Crippen LogP contribution in [0.25, 0.3) is 0 Å². The lowest BCUT2D eigenvalue weighted by Crippen LogP contribution is -2.37. The zero-order chi connectivity index (χ0) is 25.1. The van der Waals surface area contributed by atoms with Crippen LogP contribution in [0.3, 0.4) is 0 Å². The number of rotatable bonds is 8. The first kappa shape index (κ1) is 25.8. The minimum absolute atomic E-state index is 0.0941. The van der Waals surface area contributed by atoms with E-state index in [-0.39, 0.29) is 32.0 Å². The number of hydrogen-bond donors (Lipinski definition) is 2. The summed E-state index contributed by atoms with van der Waals surface area (Å²) in [6.07, 6.45) is 0.941. The zero-order valence-electron chi connectivity index (χ0n) is 17.5. The third kappa shape index (κ3) is 6.60. The molecule has 0 aliphatic heterocycles. The van der Waals surface area contributed by atoms with Crippen LogP contribution >= 0.6 is 23.2 Å². The normalized spacial score (nSPS) is 11.6. The molecule has 13 heteroatoms. The lowest BCUT2D eigenvalue weighted by atomic mass is 10.3. The Labute approximate surface area is 206 Å². The summed E-state index contributed by atoms with van der Waals surface area (Å²) in [6, 6.07) is 14.2. The van der Waals surface area contributed by atoms with E-state index >= 15 is 0 Å². The van der Waals surface area contributed by atoms with Gasteiger partial charge in [0.05, 0.1) is 26.9 Å². The van der Waals surface area contributed by atoms with Gasteiger partial charge in [-0.2, -0.15) is 0 Å². The van der Waals surface area contributed by atoms with Crippen molar-refractivity contribution in [1.82, 2.24) is 0 Å². The summed E-state index contributed by atoms with van der Waals surface area (Å²) in [5, 5.41) is 2.87. The molecule has 0 saturated carbocycles. The molecule has 1 amide bonds. The van der Waals surface area contributed by atoms with Crippen molar-refractivity contribution in [2.75, 3.05) is 27.1 Å². The molecular formula is C21H18Cl2FN3O5S2. The van der Waals surface area contributed by atoms with Gasteiger partial charge in [0, 0.05) is 11.4 Å². The molecule has 0 saturated heterocycles. The number of anilines is 3. The molecule has 8 nitrogen and oxygen atoms in total. The molecule has 0 radical (unpaired) electrons. The van der Waals surface area contributed by atoms with Gasteiger partial charge in [0.25, 0.3) is 10.0 Å². The number of nitrogens with zero attached hydrogens (tertiary/aromatic N) is 1. The Morgan fingerprint density at radius 3 is 2.03 bits per heavy atom. The Balaban J connectivity index is 1.71. The quantitative estimate of drug-likeness (QED) is 0.437. The van der Waals surface area contributed by atoms with E-state index in [0.717, 1.165) is 22.7 Å². The Morgan fingerprint density at radius 2 is 1.47 bits per heavy atom. The SMILES string of the molecule is CS(=O)(=O)N(CC(=O)Nc1ccc(S(=O)(=O)Nc2ccc(F)cc2)cc1)c1ccc(Cl)c(Cl)c1. The molecule has 0 spiro atoms. The summed E-state index contributed by atoms with van der Waals surface area (Å²) in [7, 11) is -7.78. The summed E-state index contributed by atoms with van der Waals surface area (Å²) >= 11 is 11.8. The van der Waals surface area contributed by atoms with Crippen LogP contribution < -0.4 is 14.3 Å². The minimum Gasteiger partial charge on any atom is -0.325 e. The molecule has 0 bridgehead atoms. The Morgan fingerprint density at radius 1 is 0.882 bits per heavy atom. The summed E-state index contributed by atoms with van der Waals surface area (Å²) in [5.74, 6) is -1.17. The van der Waals surface area contributed by atoms with Gasteiger partial charge in [0.2, 0.25) is 15.9 Å². The highest BCUT2D eigenvalue weighted by atomic mass is 35.5. The number of carbonyl (C=O) groups is 1. The van der Waals surface area contributed by atoms with Gasteiger partial charge >= 0.3 is 0 Å². The number of sulfonamides is 2. The molecule has 3 aromatic carbocycles. The van der Waals surface area contributed by atoms with Crippen LogP contribution in [0.2, 0.25) is 10.0 Å². The van der Waals surface area contributed by atoms with E-state index in [4.69, 9.17) is 23.2 Å². The average Bonchev–Trinajstić information content (AvgIpc) is 2.75. The molecule has 0 aliphatic rings. The third-order valence-corrected chi connectivity index (χ3v) is 7.70. The monoisotopic (exact) mass is 545 g/mol. The molecule has 2 N–H and O–H groups in total. The number of halogens is 3. The molecule has 0 unspecified atom stereocenters. The first-order valence-corrected chi connectivity index (χ1v) is 13.5. The summed E-state index contributed by atoms with van der Waals surface area (Å²) in [4.78, 5) is 12.4. The van der Waals surface area contributed by atoms with Crippen molar-refractivity contribution in [2.45, 2.75) is 4.90 Å². The highest BCUT2D eigenvalue weighted by Gasteiger charge is 2.22. The fraction of sp³-hybridized carbons (Fsp3) is 0.0952. The smallest absolute Gasteiger partial charge is 0.261 e. The van der Waals surface area contributed by atoms with E-state index < -0.39 is 38.3 Å². The molecule has 0 aliphatic carbocycles. The first-order valence-electron chi connectivity index (χ1n) is 9.46. The lowest BCUT2D eigenvalue weighted by molar-refractivity contribution is -0.114. The number of benzene rings is 3. The van der Waals surface area contributed by atoms with Gasteiger partial charge in [-0.25, -0.2) is 21.2 Å². The van der Waals surface area contributed by atoms with E-state index in [2.05, 4.69) is 10.0 Å². The van der Waals surface area contributed by atoms with Crippen LogP contribution in [0.15, 0.2) is 71.6 Å². The maximum absolute atomic E-state index is 13.0. The van der Waals surface area contributed by atoms with Crippen molar-refractivity contribution in [1.29, 1.82) is 0 Å². The molecule has 0 aromatic heterocycles. The zero-order valence-corrected chi connectivity index (χ0v) is 20.6. The Bertz CT molecular complexity index is 1420. The van der Waals surface area contributed by atoms with Crippen LogP contribution in [-0.2, 0) is 24.8 Å². The number of carbonyl (C=O) groups excluding carboxylic acids is 1. The molecule has 0 heterocycles. The van der Waals surface area contributed by atoms with Gasteiger partial charge in [0.15, 0.2) is 0 Å². The maximum atomic E-state index is 13.0. The van der Waals surface area contributed by atoms with Crippen LogP contribution in [0.5, 0.6) is 0 Å². The number of nitrogens with one attached hydrogen (secondary N) is 2. The molecule has 3 aromatic rings. The van der Waals surface area contributed by atoms with Crippen molar-refractivity contribution in [3.63, 3.8) is 0 Å². The van der Waals surface area contributed by atoms with Gasteiger partial charge in [-0.05, 0) is 66.7 Å². The van der Waals surface area contributed by atoms with Crippen molar-refractivity contribution >= 4 is 66.2 Å². The lowest BCUT2D eigenvalue weighted by Gasteiger charge is -2.22. The van der Waals surface area contributed by atoms with Gasteiger partial charge in [-0.1, -0.05) is 23.2 Å². The van der Waals surface area contributed by atoms with E-state index in [1.165, 1.54) is 54.6 Å². The van der Waals surface area contributed by atoms with Gasteiger partial charge in [-0.15, -0.1) is 0 Å². The fourth-order valence-electron chi connectivity index (χ4n) is 2.82. The fourth-order valence-corrected chi connectivity index (χ4v) is 5.02. The number of hydrogen-bond acceptors (Lipinski definition) is 5. The van der Waals surface area contributed by atoms with Gasteiger partial charge < -0.3 is 5.32 Å². The molecule has 3 rings (SSSR count). The van der Waals surface area contributed by atoms with Gasteiger partial charge in [0.1, 0.15) is 12.4 Å². The van der Waals surface area contributed by atoms with E-state index in [9.17, 15) is 26.0 Å². The van der Waals surface area contributed by atoms with Crippen molar-refractivity contribution in [3.05, 3.63) is 82.6 Å². The van der Waals surface area contributed by atoms with Crippen LogP contribution in [0.1, 0.15) is 0 Å². The topological polar surface area (TPSA) is 113 Å². The second-order valence-electron chi connectivity index (χ2n) is 7.05. The minimum atomic E-state index is -3.95. The molecule has 0 fully saturated rings. The molecular weight excluding hydrogens is 528 g/mol. The van der Waals surface area contributed by atoms with E-state index in [1.54, 1.807) is 0 Å². The Hall–Kier alpha value is -2.86. The number of amides is 1. The predicted octanol–water partition coefficient (Wildman–Crippen LogP) is 4.34. The summed E-state index contributed by atoms with van der Waals surface area (Å²) in [5.41, 5.74) is 0.579. The van der Waals surface area contributed by atoms with Crippen LogP contribution in [-0.4, -0.2) is 35.5 Å². The summed E-state index contributed by atoms with van der Waals surface area (Å²) < 4.78 is 65.6. The molecule has 0 atom stereocenters. The van der Waals surface area contributed by atoms with E-state index in [0.29, 0.717) is 0 Å². The standard InChI is InChI=1S/C21H18Cl2FN3O5S2/c1-33(29,30)27(17-8-11-19(22)20(23)12-17)13-21(28)25-15-6-9-18(10-7-15)34(31,32)26-16-4-2-14(24)3-5-16/h2-12,26H,13H2,1H3,(H,25,28). The Kier molecular flexibility index (Phi) is 7.71.